The first-order valence-corrected chi connectivity index (χ1v) is 8.33. The van der Waals surface area contributed by atoms with Crippen LogP contribution in [-0.4, -0.2) is 21.9 Å². The van der Waals surface area contributed by atoms with Crippen LogP contribution in [0.15, 0.2) is 0 Å². The summed E-state index contributed by atoms with van der Waals surface area (Å²) in [5.41, 5.74) is -0.0262. The van der Waals surface area contributed by atoms with Gasteiger partial charge < -0.3 is 10.2 Å². The molecule has 19 heavy (non-hydrogen) atoms. The molecule has 2 nitrogen and oxygen atoms in total. The van der Waals surface area contributed by atoms with E-state index in [2.05, 4.69) is 0 Å². The summed E-state index contributed by atoms with van der Waals surface area (Å²) in [6.45, 7) is 3.80. The molecule has 2 aliphatic rings. The van der Waals surface area contributed by atoms with Gasteiger partial charge in [0.15, 0.2) is 0 Å². The van der Waals surface area contributed by atoms with Crippen molar-refractivity contribution in [1.82, 2.24) is 0 Å². The fourth-order valence-electron chi connectivity index (χ4n) is 4.59. The minimum Gasteiger partial charge on any atom is -0.393 e. The molecule has 0 spiro atoms. The number of fused-ring (bicyclic) bond motifs is 1. The second-order valence-corrected chi connectivity index (χ2v) is 7.69. The van der Waals surface area contributed by atoms with Crippen LogP contribution in [0.3, 0.4) is 0 Å². The highest BCUT2D eigenvalue weighted by Gasteiger charge is 2.47. The van der Waals surface area contributed by atoms with E-state index in [1.807, 2.05) is 13.8 Å². The summed E-state index contributed by atoms with van der Waals surface area (Å²) in [5.74, 6) is 0.593. The number of unbranched alkanes of at least 4 members (excludes halogenated alkanes) is 2. The highest BCUT2D eigenvalue weighted by atomic mass is 16.3. The van der Waals surface area contributed by atoms with Gasteiger partial charge in [-0.1, -0.05) is 32.1 Å². The van der Waals surface area contributed by atoms with E-state index >= 15 is 0 Å². The lowest BCUT2D eigenvalue weighted by molar-refractivity contribution is -0.0139. The maximum Gasteiger partial charge on any atom is 0.0591 e. The Morgan fingerprint density at radius 3 is 2.42 bits per heavy atom. The molecule has 0 saturated heterocycles. The third-order valence-corrected chi connectivity index (χ3v) is 5.58. The van der Waals surface area contributed by atoms with Crippen molar-refractivity contribution in [1.29, 1.82) is 0 Å². The van der Waals surface area contributed by atoms with Gasteiger partial charge in [0.2, 0.25) is 0 Å². The van der Waals surface area contributed by atoms with Crippen molar-refractivity contribution in [3.63, 3.8) is 0 Å². The highest BCUT2D eigenvalue weighted by molar-refractivity contribution is 4.97. The Kier molecular flexibility index (Phi) is 4.94. The molecule has 0 heterocycles. The minimum atomic E-state index is -0.505. The Labute approximate surface area is 118 Å². The summed E-state index contributed by atoms with van der Waals surface area (Å²) in [6, 6.07) is 0. The fourth-order valence-corrected chi connectivity index (χ4v) is 4.59. The molecule has 0 aromatic rings. The van der Waals surface area contributed by atoms with Gasteiger partial charge in [-0.2, -0.15) is 0 Å². The summed E-state index contributed by atoms with van der Waals surface area (Å²) in [6.07, 6.45) is 13.4. The molecule has 0 aromatic carbocycles. The third kappa shape index (κ3) is 3.95. The predicted molar refractivity (Wildman–Crippen MR) is 79.0 cm³/mol. The van der Waals surface area contributed by atoms with Crippen LogP contribution in [0.4, 0.5) is 0 Å². The van der Waals surface area contributed by atoms with Crippen LogP contribution in [0.5, 0.6) is 0 Å². The van der Waals surface area contributed by atoms with E-state index in [0.29, 0.717) is 11.3 Å². The molecular formula is C17H32O2. The zero-order valence-corrected chi connectivity index (χ0v) is 12.8. The standard InChI is InChI=1S/C17H32O2/c1-16(2,19)10-4-3-5-11-17-12-6-8-14(17)15(18)9-7-13-17/h14-15,18-19H,3-13H2,1-2H3/t14-,15+,17-/m0/s1. The molecule has 0 amide bonds. The van der Waals surface area contributed by atoms with Crippen molar-refractivity contribution in [2.45, 2.75) is 96.2 Å². The zero-order valence-electron chi connectivity index (χ0n) is 12.8. The molecular weight excluding hydrogens is 236 g/mol. The van der Waals surface area contributed by atoms with Gasteiger partial charge in [-0.15, -0.1) is 0 Å². The Hall–Kier alpha value is -0.0800. The first-order chi connectivity index (χ1) is 8.93. The van der Waals surface area contributed by atoms with Gasteiger partial charge >= 0.3 is 0 Å². The summed E-state index contributed by atoms with van der Waals surface area (Å²) >= 11 is 0. The van der Waals surface area contributed by atoms with E-state index in [1.165, 1.54) is 51.4 Å². The normalized spacial score (nSPS) is 35.4. The summed E-state index contributed by atoms with van der Waals surface area (Å²) in [7, 11) is 0. The summed E-state index contributed by atoms with van der Waals surface area (Å²) in [4.78, 5) is 0. The molecule has 2 fully saturated rings. The smallest absolute Gasteiger partial charge is 0.0591 e. The van der Waals surface area contributed by atoms with E-state index in [0.717, 1.165) is 19.3 Å². The molecule has 2 aliphatic carbocycles. The molecule has 3 atom stereocenters. The van der Waals surface area contributed by atoms with E-state index in [1.54, 1.807) is 0 Å². The third-order valence-electron chi connectivity index (χ3n) is 5.58. The van der Waals surface area contributed by atoms with Crippen LogP contribution in [0.1, 0.15) is 84.5 Å². The number of aliphatic hydroxyl groups excluding tert-OH is 1. The molecule has 2 rings (SSSR count). The molecule has 2 saturated carbocycles. The molecule has 112 valence electrons. The molecule has 0 aliphatic heterocycles. The van der Waals surface area contributed by atoms with Gasteiger partial charge in [-0.25, -0.2) is 0 Å². The average molecular weight is 268 g/mol. The van der Waals surface area contributed by atoms with Gasteiger partial charge in [0.1, 0.15) is 0 Å². The summed E-state index contributed by atoms with van der Waals surface area (Å²) in [5, 5.41) is 19.9. The van der Waals surface area contributed by atoms with Gasteiger partial charge in [0, 0.05) is 0 Å². The minimum absolute atomic E-state index is 0.0207. The van der Waals surface area contributed by atoms with Crippen LogP contribution in [0.25, 0.3) is 0 Å². The van der Waals surface area contributed by atoms with Crippen molar-refractivity contribution < 1.29 is 10.2 Å². The van der Waals surface area contributed by atoms with Crippen molar-refractivity contribution >= 4 is 0 Å². The van der Waals surface area contributed by atoms with Gasteiger partial charge in [0.25, 0.3) is 0 Å². The van der Waals surface area contributed by atoms with Gasteiger partial charge in [0.05, 0.1) is 11.7 Å². The first-order valence-electron chi connectivity index (χ1n) is 8.33. The van der Waals surface area contributed by atoms with Gasteiger partial charge in [-0.3, -0.25) is 0 Å². The fraction of sp³-hybridized carbons (Fsp3) is 1.00. The maximum absolute atomic E-state index is 10.2. The largest absolute Gasteiger partial charge is 0.393 e. The molecule has 2 heteroatoms. The monoisotopic (exact) mass is 268 g/mol. The SMILES string of the molecule is CC(C)(O)CCCCC[C@]12CCC[C@@H](O)[C@@H]1CCC2. The van der Waals surface area contributed by atoms with Gasteiger partial charge in [-0.05, 0) is 63.7 Å². The molecule has 0 aromatic heterocycles. The zero-order chi connectivity index (χ0) is 13.9. The van der Waals surface area contributed by atoms with E-state index in [-0.39, 0.29) is 6.10 Å². The maximum atomic E-state index is 10.2. The van der Waals surface area contributed by atoms with E-state index in [4.69, 9.17) is 0 Å². The molecule has 0 radical (unpaired) electrons. The highest BCUT2D eigenvalue weighted by Crippen LogP contribution is 2.55. The van der Waals surface area contributed by atoms with Crippen LogP contribution >= 0.6 is 0 Å². The summed E-state index contributed by atoms with van der Waals surface area (Å²) < 4.78 is 0. The first kappa shape index (κ1) is 15.3. The molecule has 0 unspecified atom stereocenters. The van der Waals surface area contributed by atoms with Crippen LogP contribution in [-0.2, 0) is 0 Å². The molecule has 2 N–H and O–H groups in total. The van der Waals surface area contributed by atoms with Crippen molar-refractivity contribution in [2.75, 3.05) is 0 Å². The van der Waals surface area contributed by atoms with Crippen LogP contribution in [0.2, 0.25) is 0 Å². The lowest BCUT2D eigenvalue weighted by Gasteiger charge is -2.42. The Balaban J connectivity index is 1.75. The van der Waals surface area contributed by atoms with Crippen LogP contribution < -0.4 is 0 Å². The Bertz CT molecular complexity index is 281. The van der Waals surface area contributed by atoms with E-state index in [9.17, 15) is 10.2 Å². The van der Waals surface area contributed by atoms with E-state index < -0.39 is 5.60 Å². The molecule has 0 bridgehead atoms. The Morgan fingerprint density at radius 2 is 1.74 bits per heavy atom. The quantitative estimate of drug-likeness (QED) is 0.714. The number of hydrogen-bond acceptors (Lipinski definition) is 2. The lowest BCUT2D eigenvalue weighted by atomic mass is 9.64. The Morgan fingerprint density at radius 1 is 1.05 bits per heavy atom. The lowest BCUT2D eigenvalue weighted by Crippen LogP contribution is -2.38. The number of aliphatic hydroxyl groups is 2. The van der Waals surface area contributed by atoms with Crippen molar-refractivity contribution in [2.24, 2.45) is 11.3 Å². The van der Waals surface area contributed by atoms with Crippen molar-refractivity contribution in [3.8, 4) is 0 Å². The predicted octanol–water partition coefficient (Wildman–Crippen LogP) is 4.04. The van der Waals surface area contributed by atoms with Crippen LogP contribution in [0, 0.1) is 11.3 Å². The average Bonchev–Trinajstić information content (AvgIpc) is 2.72. The second kappa shape index (κ2) is 6.13. The second-order valence-electron chi connectivity index (χ2n) is 7.69. The topological polar surface area (TPSA) is 40.5 Å². The number of rotatable bonds is 6. The van der Waals surface area contributed by atoms with Crippen molar-refractivity contribution in [3.05, 3.63) is 0 Å². The number of hydrogen-bond donors (Lipinski definition) is 2.